The van der Waals surface area contributed by atoms with Gasteiger partial charge in [-0.15, -0.1) is 0 Å². The van der Waals surface area contributed by atoms with Crippen LogP contribution in [0.25, 0.3) is 0 Å². The van der Waals surface area contributed by atoms with Crippen LogP contribution in [0, 0.1) is 11.7 Å². The highest BCUT2D eigenvalue weighted by molar-refractivity contribution is 6.32. The van der Waals surface area contributed by atoms with Gasteiger partial charge in [-0.25, -0.2) is 4.39 Å². The Bertz CT molecular complexity index is 596. The Morgan fingerprint density at radius 1 is 1.38 bits per heavy atom. The molecule has 1 atom stereocenters. The van der Waals surface area contributed by atoms with Gasteiger partial charge in [0, 0.05) is 19.5 Å². The number of halogens is 2. The maximum Gasteiger partial charge on any atom is 0.303 e. The van der Waals surface area contributed by atoms with Gasteiger partial charge in [0.25, 0.3) is 0 Å². The Morgan fingerprint density at radius 3 is 2.88 bits per heavy atom. The quantitative estimate of drug-likeness (QED) is 0.812. The third-order valence-corrected chi connectivity index (χ3v) is 4.40. The number of carboxylic acids is 1. The van der Waals surface area contributed by atoms with Crippen LogP contribution in [0.2, 0.25) is 5.02 Å². The fraction of sp³-hybridized carbons (Fsp3) is 0.529. The lowest BCUT2D eigenvalue weighted by Crippen LogP contribution is -2.40. The molecule has 7 heteroatoms. The molecule has 1 heterocycles. The van der Waals surface area contributed by atoms with Crippen LogP contribution in [0.1, 0.15) is 32.1 Å². The second-order valence-electron chi connectivity index (χ2n) is 5.95. The highest BCUT2D eigenvalue weighted by atomic mass is 35.5. The maximum atomic E-state index is 13.0. The average molecular weight is 358 g/mol. The summed E-state index contributed by atoms with van der Waals surface area (Å²) in [6.07, 6.45) is 2.79. The number of nitrogens with zero attached hydrogens (tertiary/aromatic N) is 1. The lowest BCUT2D eigenvalue weighted by Gasteiger charge is -2.32. The second-order valence-corrected chi connectivity index (χ2v) is 6.36. The smallest absolute Gasteiger partial charge is 0.303 e. The number of likely N-dealkylation sites (tertiary alicyclic amines) is 1. The van der Waals surface area contributed by atoms with Gasteiger partial charge in [-0.05, 0) is 43.4 Å². The molecule has 1 aromatic carbocycles. The predicted molar refractivity (Wildman–Crippen MR) is 87.7 cm³/mol. The molecule has 24 heavy (non-hydrogen) atoms. The van der Waals surface area contributed by atoms with Gasteiger partial charge in [-0.1, -0.05) is 11.6 Å². The van der Waals surface area contributed by atoms with Crippen LogP contribution in [0.5, 0.6) is 5.75 Å². The van der Waals surface area contributed by atoms with E-state index in [-0.39, 0.29) is 36.3 Å². The molecule has 5 nitrogen and oxygen atoms in total. The number of rotatable bonds is 7. The monoisotopic (exact) mass is 357 g/mol. The summed E-state index contributed by atoms with van der Waals surface area (Å²) >= 11 is 5.86. The summed E-state index contributed by atoms with van der Waals surface area (Å²) in [4.78, 5) is 24.7. The average Bonchev–Trinajstić information content (AvgIpc) is 2.55. The van der Waals surface area contributed by atoms with Crippen LogP contribution in [0.15, 0.2) is 18.2 Å². The number of ether oxygens (including phenoxy) is 1. The van der Waals surface area contributed by atoms with Crippen molar-refractivity contribution in [3.8, 4) is 5.75 Å². The zero-order chi connectivity index (χ0) is 17.5. The molecule has 0 radical (unpaired) electrons. The lowest BCUT2D eigenvalue weighted by atomic mass is 9.93. The number of carboxylic acid groups (broad SMARTS) is 1. The first-order chi connectivity index (χ1) is 11.5. The van der Waals surface area contributed by atoms with Crippen molar-refractivity contribution in [2.45, 2.75) is 32.1 Å². The van der Waals surface area contributed by atoms with Crippen molar-refractivity contribution in [1.82, 2.24) is 4.90 Å². The maximum absolute atomic E-state index is 13.0. The first-order valence-corrected chi connectivity index (χ1v) is 8.41. The third-order valence-electron chi connectivity index (χ3n) is 4.11. The number of aliphatic carboxylic acids is 1. The fourth-order valence-corrected chi connectivity index (χ4v) is 3.08. The molecule has 1 N–H and O–H groups in total. The first-order valence-electron chi connectivity index (χ1n) is 8.03. The number of carbonyl (C=O) groups excluding carboxylic acids is 1. The normalized spacial score (nSPS) is 17.6. The number of amides is 1. The lowest BCUT2D eigenvalue weighted by molar-refractivity contribution is -0.137. The molecule has 0 spiro atoms. The minimum atomic E-state index is -0.803. The number of carbonyl (C=O) groups is 2. The molecular formula is C17H21ClFNO4. The van der Waals surface area contributed by atoms with E-state index in [0.29, 0.717) is 25.3 Å². The minimum Gasteiger partial charge on any atom is -0.491 e. The van der Waals surface area contributed by atoms with Crippen molar-refractivity contribution < 1.29 is 23.8 Å². The third kappa shape index (κ3) is 5.67. The van der Waals surface area contributed by atoms with Crippen molar-refractivity contribution in [1.29, 1.82) is 0 Å². The molecule has 0 saturated carbocycles. The second kappa shape index (κ2) is 8.87. The highest BCUT2D eigenvalue weighted by Crippen LogP contribution is 2.25. The Morgan fingerprint density at radius 2 is 2.17 bits per heavy atom. The van der Waals surface area contributed by atoms with E-state index in [0.717, 1.165) is 18.9 Å². The molecule has 0 unspecified atom stereocenters. The summed E-state index contributed by atoms with van der Waals surface area (Å²) in [6, 6.07) is 3.85. The zero-order valence-corrected chi connectivity index (χ0v) is 14.1. The van der Waals surface area contributed by atoms with E-state index in [1.54, 1.807) is 4.90 Å². The number of piperidine rings is 1. The fourth-order valence-electron chi connectivity index (χ4n) is 2.85. The van der Waals surface area contributed by atoms with Gasteiger partial charge in [0.2, 0.25) is 5.91 Å². The molecule has 1 fully saturated rings. The Hall–Kier alpha value is -1.82. The number of hydrogen-bond acceptors (Lipinski definition) is 3. The summed E-state index contributed by atoms with van der Waals surface area (Å²) < 4.78 is 18.4. The van der Waals surface area contributed by atoms with Crippen LogP contribution in [-0.2, 0) is 9.59 Å². The van der Waals surface area contributed by atoms with Gasteiger partial charge in [-0.3, -0.25) is 9.59 Å². The van der Waals surface area contributed by atoms with E-state index in [1.165, 1.54) is 12.1 Å². The molecule has 0 aromatic heterocycles. The summed E-state index contributed by atoms with van der Waals surface area (Å²) in [5, 5.41) is 8.93. The topological polar surface area (TPSA) is 66.8 Å². The molecule has 0 bridgehead atoms. The van der Waals surface area contributed by atoms with Crippen molar-refractivity contribution in [3.05, 3.63) is 29.0 Å². The summed E-state index contributed by atoms with van der Waals surface area (Å²) in [6.45, 7) is 1.46. The zero-order valence-electron chi connectivity index (χ0n) is 13.3. The van der Waals surface area contributed by atoms with E-state index >= 15 is 0 Å². The largest absolute Gasteiger partial charge is 0.491 e. The van der Waals surface area contributed by atoms with Gasteiger partial charge in [0.15, 0.2) is 0 Å². The van der Waals surface area contributed by atoms with Gasteiger partial charge < -0.3 is 14.7 Å². The van der Waals surface area contributed by atoms with Crippen LogP contribution < -0.4 is 4.74 Å². The van der Waals surface area contributed by atoms with Crippen molar-refractivity contribution in [2.75, 3.05) is 19.7 Å². The van der Waals surface area contributed by atoms with Gasteiger partial charge in [0.05, 0.1) is 18.1 Å². The van der Waals surface area contributed by atoms with Crippen LogP contribution in [-0.4, -0.2) is 41.6 Å². The van der Waals surface area contributed by atoms with Crippen LogP contribution in [0.3, 0.4) is 0 Å². The molecule has 1 aliphatic heterocycles. The van der Waals surface area contributed by atoms with Crippen LogP contribution >= 0.6 is 11.6 Å². The SMILES string of the molecule is O=C(O)CC[C@@H]1CCCN(C(=O)CCOc2ccc(F)cc2Cl)C1. The molecular weight excluding hydrogens is 337 g/mol. The van der Waals surface area contributed by atoms with Gasteiger partial charge in [-0.2, -0.15) is 0 Å². The van der Waals surface area contributed by atoms with Gasteiger partial charge >= 0.3 is 5.97 Å². The molecule has 1 saturated heterocycles. The first kappa shape index (κ1) is 18.5. The highest BCUT2D eigenvalue weighted by Gasteiger charge is 2.23. The predicted octanol–water partition coefficient (Wildman–Crippen LogP) is 3.35. The molecule has 132 valence electrons. The van der Waals surface area contributed by atoms with Crippen molar-refractivity contribution in [2.24, 2.45) is 5.92 Å². The number of benzene rings is 1. The van der Waals surface area contributed by atoms with Gasteiger partial charge in [0.1, 0.15) is 11.6 Å². The summed E-state index contributed by atoms with van der Waals surface area (Å²) in [5.74, 6) is -0.671. The van der Waals surface area contributed by atoms with E-state index in [2.05, 4.69) is 0 Å². The molecule has 2 rings (SSSR count). The Labute approximate surface area is 145 Å². The van der Waals surface area contributed by atoms with E-state index in [4.69, 9.17) is 21.4 Å². The Kier molecular flexibility index (Phi) is 6.85. The minimum absolute atomic E-state index is 0.0201. The standard InChI is InChI=1S/C17H21ClFNO4/c18-14-10-13(19)4-5-15(14)24-9-7-16(21)20-8-1-2-12(11-20)3-6-17(22)23/h4-5,10,12H,1-3,6-9,11H2,(H,22,23)/t12-/m0/s1. The van der Waals surface area contributed by atoms with E-state index in [9.17, 15) is 14.0 Å². The van der Waals surface area contributed by atoms with E-state index in [1.807, 2.05) is 0 Å². The number of hydrogen-bond donors (Lipinski definition) is 1. The summed E-state index contributed by atoms with van der Waals surface area (Å²) in [7, 11) is 0. The molecule has 1 aromatic rings. The van der Waals surface area contributed by atoms with Crippen molar-refractivity contribution in [3.63, 3.8) is 0 Å². The Balaban J connectivity index is 1.76. The van der Waals surface area contributed by atoms with Crippen LogP contribution in [0.4, 0.5) is 4.39 Å². The molecule has 0 aliphatic carbocycles. The van der Waals surface area contributed by atoms with Crippen molar-refractivity contribution >= 4 is 23.5 Å². The molecule has 1 aliphatic rings. The molecule has 1 amide bonds. The van der Waals surface area contributed by atoms with E-state index < -0.39 is 11.8 Å². The summed E-state index contributed by atoms with van der Waals surface area (Å²) in [5.41, 5.74) is 0.